The van der Waals surface area contributed by atoms with Gasteiger partial charge in [-0.25, -0.2) is 4.79 Å². The standard InChI is InChI=1S/C13H15ClO3/c1-13(2,3)9-6-7(16-4)5-8-10(14)12(15)17-11(8)9/h5-6,10H,1-4H3. The molecule has 1 atom stereocenters. The molecule has 0 amide bonds. The van der Waals surface area contributed by atoms with Gasteiger partial charge < -0.3 is 9.47 Å². The lowest BCUT2D eigenvalue weighted by Gasteiger charge is -2.22. The summed E-state index contributed by atoms with van der Waals surface area (Å²) in [6.45, 7) is 6.16. The normalized spacial score (nSPS) is 18.9. The molecule has 0 aliphatic carbocycles. The van der Waals surface area contributed by atoms with Crippen molar-refractivity contribution in [3.05, 3.63) is 23.3 Å². The minimum atomic E-state index is -0.735. The van der Waals surface area contributed by atoms with Gasteiger partial charge in [0.15, 0.2) is 5.38 Å². The molecule has 3 nitrogen and oxygen atoms in total. The second-order valence-corrected chi connectivity index (χ2v) is 5.56. The van der Waals surface area contributed by atoms with Crippen LogP contribution in [0.3, 0.4) is 0 Å². The lowest BCUT2D eigenvalue weighted by atomic mass is 9.85. The van der Waals surface area contributed by atoms with Gasteiger partial charge in [-0.3, -0.25) is 0 Å². The zero-order valence-electron chi connectivity index (χ0n) is 10.3. The Hall–Kier alpha value is -1.22. The maximum absolute atomic E-state index is 11.5. The number of carbonyl (C=O) groups excluding carboxylic acids is 1. The number of alkyl halides is 1. The molecule has 17 heavy (non-hydrogen) atoms. The minimum Gasteiger partial charge on any atom is -0.497 e. The first-order chi connectivity index (χ1) is 7.84. The summed E-state index contributed by atoms with van der Waals surface area (Å²) in [5, 5.41) is -0.735. The molecule has 0 fully saturated rings. The molecule has 0 N–H and O–H groups in total. The molecule has 2 rings (SSSR count). The number of benzene rings is 1. The zero-order chi connectivity index (χ0) is 12.8. The van der Waals surface area contributed by atoms with E-state index < -0.39 is 11.3 Å². The SMILES string of the molecule is COc1cc2c(c(C(C)(C)C)c1)OC(=O)C2Cl. The van der Waals surface area contributed by atoms with Gasteiger partial charge in [0.1, 0.15) is 11.5 Å². The van der Waals surface area contributed by atoms with Crippen LogP contribution in [0.1, 0.15) is 37.3 Å². The Morgan fingerprint density at radius 3 is 2.53 bits per heavy atom. The molecule has 0 bridgehead atoms. The number of methoxy groups -OCH3 is 1. The molecular weight excluding hydrogens is 240 g/mol. The molecular formula is C13H15ClO3. The Morgan fingerprint density at radius 2 is 2.00 bits per heavy atom. The number of ether oxygens (including phenoxy) is 2. The van der Waals surface area contributed by atoms with Crippen molar-refractivity contribution < 1.29 is 14.3 Å². The third-order valence-corrected chi connectivity index (χ3v) is 3.23. The maximum atomic E-state index is 11.5. The summed E-state index contributed by atoms with van der Waals surface area (Å²) >= 11 is 6.01. The summed E-state index contributed by atoms with van der Waals surface area (Å²) in [4.78, 5) is 11.5. The van der Waals surface area contributed by atoms with Gasteiger partial charge in [0.05, 0.1) is 7.11 Å². The quantitative estimate of drug-likeness (QED) is 0.439. The van der Waals surface area contributed by atoms with Crippen LogP contribution in [-0.2, 0) is 10.2 Å². The smallest absolute Gasteiger partial charge is 0.334 e. The molecule has 0 radical (unpaired) electrons. The fourth-order valence-corrected chi connectivity index (χ4v) is 2.09. The molecule has 1 aromatic carbocycles. The van der Waals surface area contributed by atoms with E-state index in [2.05, 4.69) is 20.8 Å². The summed E-state index contributed by atoms with van der Waals surface area (Å²) in [6.07, 6.45) is 0. The van der Waals surface area contributed by atoms with E-state index in [9.17, 15) is 4.79 Å². The van der Waals surface area contributed by atoms with Crippen LogP contribution in [0.4, 0.5) is 0 Å². The van der Waals surface area contributed by atoms with Gasteiger partial charge >= 0.3 is 5.97 Å². The topological polar surface area (TPSA) is 35.5 Å². The highest BCUT2D eigenvalue weighted by Gasteiger charge is 2.36. The Kier molecular flexibility index (Phi) is 2.82. The molecule has 1 unspecified atom stereocenters. The van der Waals surface area contributed by atoms with E-state index >= 15 is 0 Å². The fourth-order valence-electron chi connectivity index (χ4n) is 1.88. The highest BCUT2D eigenvalue weighted by Crippen LogP contribution is 2.46. The van der Waals surface area contributed by atoms with E-state index in [1.54, 1.807) is 13.2 Å². The fraction of sp³-hybridized carbons (Fsp3) is 0.462. The van der Waals surface area contributed by atoms with Gasteiger partial charge in [-0.2, -0.15) is 0 Å². The lowest BCUT2D eigenvalue weighted by molar-refractivity contribution is -0.132. The van der Waals surface area contributed by atoms with E-state index in [-0.39, 0.29) is 5.41 Å². The number of hydrogen-bond acceptors (Lipinski definition) is 3. The van der Waals surface area contributed by atoms with Crippen LogP contribution in [0.5, 0.6) is 11.5 Å². The summed E-state index contributed by atoms with van der Waals surface area (Å²) in [5.74, 6) is 0.862. The third kappa shape index (κ3) is 2.00. The van der Waals surface area contributed by atoms with Crippen molar-refractivity contribution >= 4 is 17.6 Å². The summed E-state index contributed by atoms with van der Waals surface area (Å²) in [5.41, 5.74) is 1.49. The number of rotatable bonds is 1. The highest BCUT2D eigenvalue weighted by atomic mass is 35.5. The number of hydrogen-bond donors (Lipinski definition) is 0. The Labute approximate surface area is 106 Å². The van der Waals surface area contributed by atoms with Gasteiger partial charge in [-0.05, 0) is 17.5 Å². The van der Waals surface area contributed by atoms with Gasteiger partial charge in [-0.1, -0.05) is 20.8 Å². The molecule has 1 aromatic rings. The van der Waals surface area contributed by atoms with Crippen LogP contribution >= 0.6 is 11.6 Å². The number of esters is 1. The number of halogens is 1. The van der Waals surface area contributed by atoms with Gasteiger partial charge in [0, 0.05) is 11.1 Å². The Bertz CT molecular complexity index is 474. The first-order valence-electron chi connectivity index (χ1n) is 5.43. The van der Waals surface area contributed by atoms with Crippen molar-refractivity contribution in [3.63, 3.8) is 0 Å². The molecule has 1 aliphatic rings. The van der Waals surface area contributed by atoms with Crippen molar-refractivity contribution in [1.29, 1.82) is 0 Å². The van der Waals surface area contributed by atoms with Crippen LogP contribution in [0.2, 0.25) is 0 Å². The van der Waals surface area contributed by atoms with E-state index in [0.717, 1.165) is 5.56 Å². The Morgan fingerprint density at radius 1 is 1.35 bits per heavy atom. The molecule has 0 saturated carbocycles. The predicted octanol–water partition coefficient (Wildman–Crippen LogP) is 3.19. The summed E-state index contributed by atoms with van der Waals surface area (Å²) in [7, 11) is 1.59. The largest absolute Gasteiger partial charge is 0.497 e. The van der Waals surface area contributed by atoms with E-state index in [1.165, 1.54) is 0 Å². The van der Waals surface area contributed by atoms with Gasteiger partial charge in [0.25, 0.3) is 0 Å². The molecule has 0 aromatic heterocycles. The van der Waals surface area contributed by atoms with Crippen LogP contribution in [0.25, 0.3) is 0 Å². The molecule has 92 valence electrons. The summed E-state index contributed by atoms with van der Waals surface area (Å²) in [6, 6.07) is 3.65. The molecule has 1 heterocycles. The first kappa shape index (κ1) is 12.2. The van der Waals surface area contributed by atoms with Gasteiger partial charge in [0.2, 0.25) is 0 Å². The average molecular weight is 255 g/mol. The average Bonchev–Trinajstić information content (AvgIpc) is 2.53. The lowest BCUT2D eigenvalue weighted by Crippen LogP contribution is -2.13. The maximum Gasteiger partial charge on any atom is 0.334 e. The monoisotopic (exact) mass is 254 g/mol. The van der Waals surface area contributed by atoms with Gasteiger partial charge in [-0.15, -0.1) is 11.6 Å². The first-order valence-corrected chi connectivity index (χ1v) is 5.86. The van der Waals surface area contributed by atoms with E-state index in [0.29, 0.717) is 17.1 Å². The molecule has 1 aliphatic heterocycles. The van der Waals surface area contributed by atoms with Crippen LogP contribution < -0.4 is 9.47 Å². The zero-order valence-corrected chi connectivity index (χ0v) is 11.1. The van der Waals surface area contributed by atoms with Crippen molar-refractivity contribution in [2.75, 3.05) is 7.11 Å². The second kappa shape index (κ2) is 3.91. The van der Waals surface area contributed by atoms with Crippen LogP contribution in [0, 0.1) is 0 Å². The van der Waals surface area contributed by atoms with E-state index in [4.69, 9.17) is 21.1 Å². The molecule has 0 spiro atoms. The predicted molar refractivity (Wildman–Crippen MR) is 65.9 cm³/mol. The van der Waals surface area contributed by atoms with Crippen molar-refractivity contribution in [2.24, 2.45) is 0 Å². The van der Waals surface area contributed by atoms with Crippen LogP contribution in [-0.4, -0.2) is 13.1 Å². The minimum absolute atomic E-state index is 0.139. The van der Waals surface area contributed by atoms with Crippen LogP contribution in [0.15, 0.2) is 12.1 Å². The second-order valence-electron chi connectivity index (χ2n) is 5.13. The highest BCUT2D eigenvalue weighted by molar-refractivity contribution is 6.31. The molecule has 4 heteroatoms. The third-order valence-electron chi connectivity index (χ3n) is 2.82. The van der Waals surface area contributed by atoms with Crippen molar-refractivity contribution in [3.8, 4) is 11.5 Å². The number of fused-ring (bicyclic) bond motifs is 1. The summed E-state index contributed by atoms with van der Waals surface area (Å²) < 4.78 is 10.5. The Balaban J connectivity index is 2.66. The van der Waals surface area contributed by atoms with E-state index in [1.807, 2.05) is 6.07 Å². The molecule has 0 saturated heterocycles. The van der Waals surface area contributed by atoms with Crippen molar-refractivity contribution in [2.45, 2.75) is 31.6 Å². The van der Waals surface area contributed by atoms with Crippen molar-refractivity contribution in [1.82, 2.24) is 0 Å². The number of carbonyl (C=O) groups is 1.